The van der Waals surface area contributed by atoms with Crippen LogP contribution in [-0.2, 0) is 0 Å². The van der Waals surface area contributed by atoms with Gasteiger partial charge in [-0.2, -0.15) is 0 Å². The Bertz CT molecular complexity index is 511. The molecule has 0 aliphatic rings. The number of rotatable bonds is 2. The number of aromatic hydroxyl groups is 1. The largest absolute Gasteiger partial charge is 0.508 e. The Morgan fingerprint density at radius 1 is 1.50 bits per heavy atom. The van der Waals surface area contributed by atoms with Gasteiger partial charge in [0.1, 0.15) is 17.7 Å². The van der Waals surface area contributed by atoms with Crippen LogP contribution in [-0.4, -0.2) is 16.2 Å². The van der Waals surface area contributed by atoms with Gasteiger partial charge in [0.15, 0.2) is 0 Å². The molecular formula is C10H7ClN2O3. The minimum Gasteiger partial charge on any atom is -0.508 e. The van der Waals surface area contributed by atoms with Crippen molar-refractivity contribution in [2.75, 3.05) is 5.32 Å². The first-order valence-electron chi connectivity index (χ1n) is 4.36. The smallest absolute Gasteiger partial charge is 0.257 e. The standard InChI is InChI=1S/C10H7ClN2O3/c11-9-2-1-7(14)3-8(9)10(15)13-6-4-12-16-5-6/h1-5,14H,(H,13,15). The van der Waals surface area contributed by atoms with E-state index in [1.54, 1.807) is 0 Å². The number of nitrogens with one attached hydrogen (secondary N) is 1. The Labute approximate surface area is 95.6 Å². The Hall–Kier alpha value is -2.01. The number of aromatic nitrogens is 1. The number of anilines is 1. The van der Waals surface area contributed by atoms with Crippen LogP contribution >= 0.6 is 11.6 Å². The van der Waals surface area contributed by atoms with E-state index in [4.69, 9.17) is 11.6 Å². The first-order chi connectivity index (χ1) is 7.66. The van der Waals surface area contributed by atoms with Gasteiger partial charge in [-0.15, -0.1) is 0 Å². The molecule has 0 aliphatic carbocycles. The topological polar surface area (TPSA) is 75.4 Å². The number of hydrogen-bond acceptors (Lipinski definition) is 4. The molecule has 0 unspecified atom stereocenters. The molecule has 16 heavy (non-hydrogen) atoms. The fraction of sp³-hybridized carbons (Fsp3) is 0. The second-order valence-corrected chi connectivity index (χ2v) is 3.44. The van der Waals surface area contributed by atoms with Crippen molar-refractivity contribution in [2.45, 2.75) is 0 Å². The second kappa shape index (κ2) is 4.24. The van der Waals surface area contributed by atoms with Crippen LogP contribution in [0.1, 0.15) is 10.4 Å². The first-order valence-corrected chi connectivity index (χ1v) is 4.74. The monoisotopic (exact) mass is 238 g/mol. The van der Waals surface area contributed by atoms with E-state index in [0.717, 1.165) is 0 Å². The van der Waals surface area contributed by atoms with Crippen LogP contribution in [0.25, 0.3) is 0 Å². The lowest BCUT2D eigenvalue weighted by molar-refractivity contribution is 0.102. The van der Waals surface area contributed by atoms with Crippen LogP contribution in [0.15, 0.2) is 35.2 Å². The van der Waals surface area contributed by atoms with E-state index >= 15 is 0 Å². The highest BCUT2D eigenvalue weighted by Crippen LogP contribution is 2.22. The number of carbonyl (C=O) groups is 1. The van der Waals surface area contributed by atoms with Gasteiger partial charge in [-0.3, -0.25) is 4.79 Å². The van der Waals surface area contributed by atoms with Gasteiger partial charge in [0, 0.05) is 0 Å². The summed E-state index contributed by atoms with van der Waals surface area (Å²) in [4.78, 5) is 11.7. The molecule has 0 saturated carbocycles. The lowest BCUT2D eigenvalue weighted by Gasteiger charge is -2.04. The Morgan fingerprint density at radius 3 is 3.00 bits per heavy atom. The van der Waals surface area contributed by atoms with E-state index in [2.05, 4.69) is 15.0 Å². The molecule has 2 rings (SSSR count). The number of hydrogen-bond donors (Lipinski definition) is 2. The number of phenolic OH excluding ortho intramolecular Hbond substituents is 1. The maximum absolute atomic E-state index is 11.7. The minimum absolute atomic E-state index is 0.0279. The fourth-order valence-corrected chi connectivity index (χ4v) is 1.36. The van der Waals surface area contributed by atoms with Crippen molar-refractivity contribution in [1.29, 1.82) is 0 Å². The summed E-state index contributed by atoms with van der Waals surface area (Å²) in [7, 11) is 0. The van der Waals surface area contributed by atoms with Crippen LogP contribution in [0.3, 0.4) is 0 Å². The summed E-state index contributed by atoms with van der Waals surface area (Å²) < 4.78 is 4.56. The molecule has 1 aromatic heterocycles. The molecule has 0 aliphatic heterocycles. The van der Waals surface area contributed by atoms with Crippen LogP contribution in [0.4, 0.5) is 5.69 Å². The van der Waals surface area contributed by atoms with Crippen LogP contribution in [0.5, 0.6) is 5.75 Å². The van der Waals surface area contributed by atoms with E-state index in [9.17, 15) is 9.90 Å². The quantitative estimate of drug-likeness (QED) is 0.842. The molecule has 5 nitrogen and oxygen atoms in total. The van der Waals surface area contributed by atoms with Gasteiger partial charge in [0.05, 0.1) is 16.8 Å². The van der Waals surface area contributed by atoms with Crippen molar-refractivity contribution in [1.82, 2.24) is 5.16 Å². The molecule has 2 aromatic rings. The van der Waals surface area contributed by atoms with Crippen molar-refractivity contribution < 1.29 is 14.4 Å². The van der Waals surface area contributed by atoms with Gasteiger partial charge >= 0.3 is 0 Å². The van der Waals surface area contributed by atoms with Crippen molar-refractivity contribution in [3.8, 4) is 5.75 Å². The third-order valence-electron chi connectivity index (χ3n) is 1.88. The summed E-state index contributed by atoms with van der Waals surface area (Å²) in [5.41, 5.74) is 0.604. The van der Waals surface area contributed by atoms with Crippen molar-refractivity contribution in [3.05, 3.63) is 41.2 Å². The van der Waals surface area contributed by atoms with Gasteiger partial charge in [0.2, 0.25) is 0 Å². The Kier molecular flexibility index (Phi) is 2.78. The second-order valence-electron chi connectivity index (χ2n) is 3.03. The lowest BCUT2D eigenvalue weighted by Crippen LogP contribution is -2.11. The van der Waals surface area contributed by atoms with E-state index in [-0.39, 0.29) is 16.3 Å². The highest BCUT2D eigenvalue weighted by atomic mass is 35.5. The summed E-state index contributed by atoms with van der Waals surface area (Å²) >= 11 is 5.82. The molecule has 0 bridgehead atoms. The molecule has 82 valence electrons. The molecule has 0 saturated heterocycles. The van der Waals surface area contributed by atoms with E-state index in [1.807, 2.05) is 0 Å². The van der Waals surface area contributed by atoms with Crippen LogP contribution < -0.4 is 5.32 Å². The van der Waals surface area contributed by atoms with Crippen molar-refractivity contribution in [3.63, 3.8) is 0 Å². The van der Waals surface area contributed by atoms with Gasteiger partial charge in [-0.05, 0) is 18.2 Å². The van der Waals surface area contributed by atoms with E-state index in [0.29, 0.717) is 5.69 Å². The molecule has 6 heteroatoms. The SMILES string of the molecule is O=C(Nc1cnoc1)c1cc(O)ccc1Cl. The van der Waals surface area contributed by atoms with E-state index in [1.165, 1.54) is 30.7 Å². The molecule has 0 radical (unpaired) electrons. The highest BCUT2D eigenvalue weighted by molar-refractivity contribution is 6.34. The molecule has 1 amide bonds. The summed E-state index contributed by atoms with van der Waals surface area (Å²) in [6.07, 6.45) is 2.64. The van der Waals surface area contributed by atoms with E-state index < -0.39 is 5.91 Å². The number of benzene rings is 1. The number of nitrogens with zero attached hydrogens (tertiary/aromatic N) is 1. The number of phenols is 1. The third kappa shape index (κ3) is 2.14. The zero-order chi connectivity index (χ0) is 11.5. The molecule has 0 fully saturated rings. The maximum Gasteiger partial charge on any atom is 0.257 e. The molecular weight excluding hydrogens is 232 g/mol. The normalized spacial score (nSPS) is 10.1. The minimum atomic E-state index is -0.441. The summed E-state index contributed by atoms with van der Waals surface area (Å²) in [5, 5.41) is 15.5. The highest BCUT2D eigenvalue weighted by Gasteiger charge is 2.12. The Balaban J connectivity index is 2.24. The molecule has 1 aromatic carbocycles. The average molecular weight is 239 g/mol. The predicted molar refractivity (Wildman–Crippen MR) is 57.6 cm³/mol. The average Bonchev–Trinajstić information content (AvgIpc) is 2.74. The first kappa shape index (κ1) is 10.5. The van der Waals surface area contributed by atoms with Crippen LogP contribution in [0, 0.1) is 0 Å². The van der Waals surface area contributed by atoms with Gasteiger partial charge in [-0.25, -0.2) is 0 Å². The fourth-order valence-electron chi connectivity index (χ4n) is 1.15. The summed E-state index contributed by atoms with van der Waals surface area (Å²) in [5.74, 6) is -0.469. The number of carbonyl (C=O) groups excluding carboxylic acids is 1. The lowest BCUT2D eigenvalue weighted by atomic mass is 10.2. The zero-order valence-electron chi connectivity index (χ0n) is 7.98. The molecule has 1 heterocycles. The van der Waals surface area contributed by atoms with Gasteiger partial charge in [-0.1, -0.05) is 16.8 Å². The molecule has 2 N–H and O–H groups in total. The maximum atomic E-state index is 11.7. The van der Waals surface area contributed by atoms with Crippen molar-refractivity contribution in [2.24, 2.45) is 0 Å². The number of amides is 1. The Morgan fingerprint density at radius 2 is 2.31 bits per heavy atom. The van der Waals surface area contributed by atoms with Gasteiger partial charge in [0.25, 0.3) is 5.91 Å². The summed E-state index contributed by atoms with van der Waals surface area (Å²) in [6.45, 7) is 0. The summed E-state index contributed by atoms with van der Waals surface area (Å²) in [6, 6.07) is 4.13. The molecule has 0 atom stereocenters. The van der Waals surface area contributed by atoms with Crippen molar-refractivity contribution >= 4 is 23.2 Å². The molecule has 0 spiro atoms. The predicted octanol–water partition coefficient (Wildman–Crippen LogP) is 2.29. The van der Waals surface area contributed by atoms with Crippen LogP contribution in [0.2, 0.25) is 5.02 Å². The van der Waals surface area contributed by atoms with Gasteiger partial charge < -0.3 is 14.9 Å². The zero-order valence-corrected chi connectivity index (χ0v) is 8.73. The number of halogens is 1. The third-order valence-corrected chi connectivity index (χ3v) is 2.21.